The molecule has 0 radical (unpaired) electrons. The molecule has 5 nitrogen and oxygen atoms in total. The molecule has 0 amide bonds. The van der Waals surface area contributed by atoms with Gasteiger partial charge in [0.15, 0.2) is 11.5 Å². The Bertz CT molecular complexity index is 515. The average molecular weight is 323 g/mol. The Balaban J connectivity index is 2.35. The van der Waals surface area contributed by atoms with E-state index < -0.39 is 9.05 Å². The van der Waals surface area contributed by atoms with Gasteiger partial charge in [0.1, 0.15) is 6.61 Å². The van der Waals surface area contributed by atoms with Gasteiger partial charge in [0, 0.05) is 10.7 Å². The van der Waals surface area contributed by atoms with Crippen LogP contribution in [0.1, 0.15) is 12.5 Å². The molecule has 0 unspecified atom stereocenters. The zero-order valence-corrected chi connectivity index (χ0v) is 13.2. The molecule has 0 aliphatic heterocycles. The highest BCUT2D eigenvalue weighted by molar-refractivity contribution is 8.13. The highest BCUT2D eigenvalue weighted by atomic mass is 35.7. The summed E-state index contributed by atoms with van der Waals surface area (Å²) in [4.78, 5) is 0. The van der Waals surface area contributed by atoms with Gasteiger partial charge in [-0.05, 0) is 24.1 Å². The maximum Gasteiger partial charge on any atom is 0.234 e. The van der Waals surface area contributed by atoms with Crippen LogP contribution in [-0.4, -0.2) is 41.1 Å². The second kappa shape index (κ2) is 8.34. The largest absolute Gasteiger partial charge is 0.493 e. The zero-order valence-electron chi connectivity index (χ0n) is 11.6. The first-order valence-corrected chi connectivity index (χ1v) is 8.74. The Kier molecular flexibility index (Phi) is 7.12. The monoisotopic (exact) mass is 322 g/mol. The summed E-state index contributed by atoms with van der Waals surface area (Å²) in [6, 6.07) is 5.75. The van der Waals surface area contributed by atoms with Crippen LogP contribution in [0.2, 0.25) is 0 Å². The van der Waals surface area contributed by atoms with Crippen molar-refractivity contribution in [1.29, 1.82) is 0 Å². The summed E-state index contributed by atoms with van der Waals surface area (Å²) < 4.78 is 37.2. The lowest BCUT2D eigenvalue weighted by Gasteiger charge is -2.11. The van der Waals surface area contributed by atoms with E-state index in [2.05, 4.69) is 6.92 Å². The van der Waals surface area contributed by atoms with Gasteiger partial charge in [-0.25, -0.2) is 8.42 Å². The van der Waals surface area contributed by atoms with Crippen LogP contribution in [0, 0.1) is 0 Å². The SMILES string of the molecule is CCc1ccc(OCCOCCS(=O)(=O)Cl)c(OC)c1. The third-order valence-electron chi connectivity index (χ3n) is 2.59. The smallest absolute Gasteiger partial charge is 0.234 e. The van der Waals surface area contributed by atoms with Crippen molar-refractivity contribution < 1.29 is 22.6 Å². The van der Waals surface area contributed by atoms with Gasteiger partial charge in [0.05, 0.1) is 26.1 Å². The van der Waals surface area contributed by atoms with E-state index in [9.17, 15) is 8.42 Å². The van der Waals surface area contributed by atoms with Gasteiger partial charge in [0.2, 0.25) is 9.05 Å². The van der Waals surface area contributed by atoms with Crippen molar-refractivity contribution in [2.45, 2.75) is 13.3 Å². The maximum atomic E-state index is 10.7. The Labute approximate surface area is 124 Å². The molecule has 114 valence electrons. The second-order valence-electron chi connectivity index (χ2n) is 4.04. The third-order valence-corrected chi connectivity index (χ3v) is 3.71. The van der Waals surface area contributed by atoms with Gasteiger partial charge in [0.25, 0.3) is 0 Å². The van der Waals surface area contributed by atoms with Gasteiger partial charge in [-0.3, -0.25) is 0 Å². The lowest BCUT2D eigenvalue weighted by atomic mass is 10.1. The molecule has 0 N–H and O–H groups in total. The first-order chi connectivity index (χ1) is 9.46. The minimum atomic E-state index is -3.50. The highest BCUT2D eigenvalue weighted by Gasteiger charge is 2.06. The van der Waals surface area contributed by atoms with Crippen LogP contribution in [0.5, 0.6) is 11.5 Å². The average Bonchev–Trinajstić information content (AvgIpc) is 2.41. The molecule has 0 heterocycles. The number of methoxy groups -OCH3 is 1. The van der Waals surface area contributed by atoms with Crippen LogP contribution < -0.4 is 9.47 Å². The minimum absolute atomic E-state index is 0.0566. The van der Waals surface area contributed by atoms with E-state index >= 15 is 0 Å². The molecule has 0 fully saturated rings. The fourth-order valence-corrected chi connectivity index (χ4v) is 2.03. The first-order valence-electron chi connectivity index (χ1n) is 6.26. The molecule has 0 aliphatic rings. The molecule has 1 aromatic rings. The Morgan fingerprint density at radius 1 is 1.15 bits per heavy atom. The van der Waals surface area contributed by atoms with E-state index in [0.717, 1.165) is 12.0 Å². The fourth-order valence-electron chi connectivity index (χ4n) is 1.52. The van der Waals surface area contributed by atoms with E-state index in [1.807, 2.05) is 18.2 Å². The van der Waals surface area contributed by atoms with E-state index in [4.69, 9.17) is 24.9 Å². The molecule has 1 rings (SSSR count). The summed E-state index contributed by atoms with van der Waals surface area (Å²) in [5.74, 6) is 1.11. The van der Waals surface area contributed by atoms with Crippen LogP contribution in [-0.2, 0) is 20.2 Å². The number of hydrogen-bond acceptors (Lipinski definition) is 5. The molecule has 0 bridgehead atoms. The van der Waals surface area contributed by atoms with Crippen molar-refractivity contribution in [3.63, 3.8) is 0 Å². The van der Waals surface area contributed by atoms with Crippen LogP contribution in [0.4, 0.5) is 0 Å². The molecule has 0 spiro atoms. The lowest BCUT2D eigenvalue weighted by molar-refractivity contribution is 0.110. The summed E-state index contributed by atoms with van der Waals surface area (Å²) in [5.41, 5.74) is 1.16. The van der Waals surface area contributed by atoms with Crippen molar-refractivity contribution in [1.82, 2.24) is 0 Å². The Hall–Kier alpha value is -0.980. The predicted octanol–water partition coefficient (Wildman–Crippen LogP) is 2.22. The van der Waals surface area contributed by atoms with E-state index in [1.54, 1.807) is 7.11 Å². The topological polar surface area (TPSA) is 61.8 Å². The third kappa shape index (κ3) is 6.45. The molecule has 0 saturated carbocycles. The van der Waals surface area contributed by atoms with Crippen molar-refractivity contribution in [3.8, 4) is 11.5 Å². The van der Waals surface area contributed by atoms with Gasteiger partial charge in [-0.15, -0.1) is 0 Å². The van der Waals surface area contributed by atoms with E-state index in [-0.39, 0.29) is 19.0 Å². The number of halogens is 1. The normalized spacial score (nSPS) is 11.3. The van der Waals surface area contributed by atoms with Crippen LogP contribution in [0.25, 0.3) is 0 Å². The molecule has 7 heteroatoms. The number of hydrogen-bond donors (Lipinski definition) is 0. The van der Waals surface area contributed by atoms with Crippen LogP contribution in [0.3, 0.4) is 0 Å². The van der Waals surface area contributed by atoms with Crippen molar-refractivity contribution >= 4 is 19.7 Å². The van der Waals surface area contributed by atoms with E-state index in [1.165, 1.54) is 0 Å². The summed E-state index contributed by atoms with van der Waals surface area (Å²) in [6.45, 7) is 2.71. The van der Waals surface area contributed by atoms with Crippen LogP contribution >= 0.6 is 10.7 Å². The molecule has 0 saturated heterocycles. The number of ether oxygens (including phenoxy) is 3. The molecule has 20 heavy (non-hydrogen) atoms. The second-order valence-corrected chi connectivity index (χ2v) is 6.94. The quantitative estimate of drug-likeness (QED) is 0.515. The van der Waals surface area contributed by atoms with Crippen LogP contribution in [0.15, 0.2) is 18.2 Å². The van der Waals surface area contributed by atoms with Gasteiger partial charge in [-0.2, -0.15) is 0 Å². The minimum Gasteiger partial charge on any atom is -0.493 e. The highest BCUT2D eigenvalue weighted by Crippen LogP contribution is 2.28. The fraction of sp³-hybridized carbons (Fsp3) is 0.538. The predicted molar refractivity (Wildman–Crippen MR) is 78.3 cm³/mol. The first kappa shape index (κ1) is 17.1. The van der Waals surface area contributed by atoms with Crippen molar-refractivity contribution in [3.05, 3.63) is 23.8 Å². The summed E-state index contributed by atoms with van der Waals surface area (Å²) in [6.07, 6.45) is 0.923. The molecular weight excluding hydrogens is 304 g/mol. The maximum absolute atomic E-state index is 10.7. The number of benzene rings is 1. The zero-order chi connectivity index (χ0) is 15.0. The summed E-state index contributed by atoms with van der Waals surface area (Å²) >= 11 is 0. The molecular formula is C13H19ClO5S. The van der Waals surface area contributed by atoms with Crippen molar-refractivity contribution in [2.24, 2.45) is 0 Å². The summed E-state index contributed by atoms with van der Waals surface area (Å²) in [5, 5.41) is 0. The van der Waals surface area contributed by atoms with Gasteiger partial charge in [-0.1, -0.05) is 13.0 Å². The van der Waals surface area contributed by atoms with Crippen molar-refractivity contribution in [2.75, 3.05) is 32.7 Å². The Morgan fingerprint density at radius 3 is 2.50 bits per heavy atom. The van der Waals surface area contributed by atoms with E-state index in [0.29, 0.717) is 18.1 Å². The van der Waals surface area contributed by atoms with Gasteiger partial charge >= 0.3 is 0 Å². The Morgan fingerprint density at radius 2 is 1.90 bits per heavy atom. The molecule has 0 aromatic heterocycles. The standard InChI is InChI=1S/C13H19ClO5S/c1-3-11-4-5-12(13(10-11)17-2)19-7-6-18-8-9-20(14,15)16/h4-5,10H,3,6-9H2,1-2H3. The number of rotatable bonds is 9. The molecule has 0 aliphatic carbocycles. The molecule has 1 aromatic carbocycles. The summed E-state index contributed by atoms with van der Waals surface area (Å²) in [7, 11) is 3.15. The van der Waals surface area contributed by atoms with Gasteiger partial charge < -0.3 is 14.2 Å². The molecule has 0 atom stereocenters. The lowest BCUT2D eigenvalue weighted by Crippen LogP contribution is -2.12. The number of aryl methyl sites for hydroxylation is 1.